The number of aromatic nitrogens is 3. The summed E-state index contributed by atoms with van der Waals surface area (Å²) in [6.45, 7) is 2.37. The number of carbonyl (C=O) groups is 1. The molecule has 5 nitrogen and oxygen atoms in total. The molecule has 0 aliphatic rings. The van der Waals surface area contributed by atoms with Gasteiger partial charge in [0.05, 0.1) is 5.75 Å². The first-order valence-corrected chi connectivity index (χ1v) is 11.2. The Morgan fingerprint density at radius 2 is 1.83 bits per heavy atom. The van der Waals surface area contributed by atoms with Crippen molar-refractivity contribution in [3.8, 4) is 5.75 Å². The van der Waals surface area contributed by atoms with Crippen LogP contribution in [0.5, 0.6) is 5.75 Å². The number of carbonyl (C=O) groups excluding carboxylic acids is 1. The van der Waals surface area contributed by atoms with E-state index in [1.165, 1.54) is 22.5 Å². The van der Waals surface area contributed by atoms with Gasteiger partial charge in [-0.25, -0.2) is 0 Å². The van der Waals surface area contributed by atoms with Crippen LogP contribution in [0.15, 0.2) is 70.3 Å². The van der Waals surface area contributed by atoms with Gasteiger partial charge in [0.1, 0.15) is 12.4 Å². The molecule has 0 radical (unpaired) electrons. The molecule has 0 spiro atoms. The van der Waals surface area contributed by atoms with Gasteiger partial charge in [0, 0.05) is 17.1 Å². The van der Waals surface area contributed by atoms with Crippen LogP contribution in [0.4, 0.5) is 0 Å². The molecule has 0 atom stereocenters. The number of hydrogen-bond acceptors (Lipinski definition) is 5. The molecule has 7 heteroatoms. The fourth-order valence-corrected chi connectivity index (χ4v) is 4.24. The van der Waals surface area contributed by atoms with Gasteiger partial charge in [-0.2, -0.15) is 0 Å². The van der Waals surface area contributed by atoms with Gasteiger partial charge in [-0.15, -0.1) is 10.2 Å². The van der Waals surface area contributed by atoms with E-state index in [1.807, 2.05) is 54.1 Å². The zero-order valence-corrected chi connectivity index (χ0v) is 19.0. The molecule has 0 bridgehead atoms. The number of hydrogen-bond donors (Lipinski definition) is 0. The van der Waals surface area contributed by atoms with Gasteiger partial charge in [0.15, 0.2) is 16.8 Å². The summed E-state index contributed by atoms with van der Waals surface area (Å²) >= 11 is 4.75. The Kier molecular flexibility index (Phi) is 6.20. The van der Waals surface area contributed by atoms with E-state index in [4.69, 9.17) is 4.74 Å². The van der Waals surface area contributed by atoms with Crippen molar-refractivity contribution in [1.82, 2.24) is 14.8 Å². The van der Waals surface area contributed by atoms with Crippen molar-refractivity contribution in [3.63, 3.8) is 0 Å². The molecular weight excluding hydrogens is 462 g/mol. The first-order valence-electron chi connectivity index (χ1n) is 9.44. The number of nitrogens with zero attached hydrogens (tertiary/aromatic N) is 3. The molecule has 1 aromatic heterocycles. The second-order valence-electron chi connectivity index (χ2n) is 6.88. The maximum atomic E-state index is 12.4. The van der Waals surface area contributed by atoms with Crippen molar-refractivity contribution in [2.24, 2.45) is 7.05 Å². The Morgan fingerprint density at radius 1 is 1.07 bits per heavy atom. The fraction of sp³-hybridized carbons (Fsp3) is 0.174. The predicted molar refractivity (Wildman–Crippen MR) is 123 cm³/mol. The third-order valence-electron chi connectivity index (χ3n) is 4.93. The maximum absolute atomic E-state index is 12.4. The minimum Gasteiger partial charge on any atom is -0.485 e. The van der Waals surface area contributed by atoms with Crippen LogP contribution in [0.1, 0.15) is 21.7 Å². The van der Waals surface area contributed by atoms with E-state index >= 15 is 0 Å². The van der Waals surface area contributed by atoms with Crippen LogP contribution in [0, 0.1) is 6.92 Å². The molecule has 0 aliphatic carbocycles. The highest BCUT2D eigenvalue weighted by atomic mass is 79.9. The summed E-state index contributed by atoms with van der Waals surface area (Å²) in [4.78, 5) is 12.4. The zero-order chi connectivity index (χ0) is 21.1. The zero-order valence-electron chi connectivity index (χ0n) is 16.6. The highest BCUT2D eigenvalue weighted by Crippen LogP contribution is 2.28. The molecule has 4 aromatic rings. The van der Waals surface area contributed by atoms with Crippen LogP contribution >= 0.6 is 27.7 Å². The van der Waals surface area contributed by atoms with Crippen molar-refractivity contribution in [2.75, 3.05) is 5.75 Å². The number of fused-ring (bicyclic) bond motifs is 1. The SMILES string of the molecule is Cc1c(OCc2nnc(SCC(=O)c3ccc(Br)cc3)n2C)ccc2ccccc12. The van der Waals surface area contributed by atoms with Crippen LogP contribution in [0.25, 0.3) is 10.8 Å². The third kappa shape index (κ3) is 4.42. The van der Waals surface area contributed by atoms with E-state index in [2.05, 4.69) is 51.3 Å². The molecule has 0 amide bonds. The molecular formula is C23H20BrN3O2S. The second kappa shape index (κ2) is 9.02. The molecule has 4 rings (SSSR count). The molecule has 3 aromatic carbocycles. The van der Waals surface area contributed by atoms with Gasteiger partial charge in [-0.3, -0.25) is 4.79 Å². The van der Waals surface area contributed by atoms with Crippen LogP contribution < -0.4 is 4.74 Å². The fourth-order valence-electron chi connectivity index (χ4n) is 3.15. The van der Waals surface area contributed by atoms with Crippen LogP contribution in [0.3, 0.4) is 0 Å². The lowest BCUT2D eigenvalue weighted by Crippen LogP contribution is -2.06. The van der Waals surface area contributed by atoms with Gasteiger partial charge in [-0.1, -0.05) is 70.2 Å². The van der Waals surface area contributed by atoms with Gasteiger partial charge < -0.3 is 9.30 Å². The Balaban J connectivity index is 1.40. The Bertz CT molecular complexity index is 1210. The van der Waals surface area contributed by atoms with E-state index in [1.54, 1.807) is 0 Å². The van der Waals surface area contributed by atoms with E-state index < -0.39 is 0 Å². The first kappa shape index (κ1) is 20.6. The Morgan fingerprint density at radius 3 is 2.63 bits per heavy atom. The van der Waals surface area contributed by atoms with E-state index in [-0.39, 0.29) is 5.78 Å². The number of ether oxygens (including phenoxy) is 1. The normalized spacial score (nSPS) is 11.0. The summed E-state index contributed by atoms with van der Waals surface area (Å²) < 4.78 is 8.85. The van der Waals surface area contributed by atoms with Crippen molar-refractivity contribution >= 4 is 44.2 Å². The quantitative estimate of drug-likeness (QED) is 0.254. The number of aryl methyl sites for hydroxylation is 1. The average Bonchev–Trinajstić information content (AvgIpc) is 3.11. The molecule has 0 N–H and O–H groups in total. The van der Waals surface area contributed by atoms with E-state index in [9.17, 15) is 4.79 Å². The predicted octanol–water partition coefficient (Wildman–Crippen LogP) is 5.59. The molecule has 30 heavy (non-hydrogen) atoms. The second-order valence-corrected chi connectivity index (χ2v) is 8.73. The molecule has 1 heterocycles. The molecule has 0 saturated carbocycles. The van der Waals surface area contributed by atoms with Crippen LogP contribution in [-0.4, -0.2) is 26.3 Å². The first-order chi connectivity index (χ1) is 14.5. The lowest BCUT2D eigenvalue weighted by Gasteiger charge is -2.11. The highest BCUT2D eigenvalue weighted by Gasteiger charge is 2.14. The number of Topliss-reactive ketones (excluding diaryl/α,β-unsaturated/α-hetero) is 1. The third-order valence-corrected chi connectivity index (χ3v) is 6.48. The van der Waals surface area contributed by atoms with Crippen molar-refractivity contribution in [2.45, 2.75) is 18.7 Å². The number of ketones is 1. The van der Waals surface area contributed by atoms with Crippen molar-refractivity contribution in [3.05, 3.63) is 82.1 Å². The highest BCUT2D eigenvalue weighted by molar-refractivity contribution is 9.10. The van der Waals surface area contributed by atoms with Crippen molar-refractivity contribution < 1.29 is 9.53 Å². The van der Waals surface area contributed by atoms with Crippen LogP contribution in [0.2, 0.25) is 0 Å². The summed E-state index contributed by atoms with van der Waals surface area (Å²) in [5.74, 6) is 1.90. The number of benzene rings is 3. The summed E-state index contributed by atoms with van der Waals surface area (Å²) in [5.41, 5.74) is 1.79. The summed E-state index contributed by atoms with van der Waals surface area (Å²) in [6.07, 6.45) is 0. The van der Waals surface area contributed by atoms with Gasteiger partial charge in [-0.05, 0) is 41.5 Å². The number of thioether (sulfide) groups is 1. The largest absolute Gasteiger partial charge is 0.485 e. The average molecular weight is 482 g/mol. The van der Waals surface area contributed by atoms with Gasteiger partial charge in [0.25, 0.3) is 0 Å². The molecule has 152 valence electrons. The van der Waals surface area contributed by atoms with Gasteiger partial charge >= 0.3 is 0 Å². The standard InChI is InChI=1S/C23H20BrN3O2S/c1-15-19-6-4-3-5-16(19)9-12-21(15)29-13-22-25-26-23(27(22)2)30-14-20(28)17-7-10-18(24)11-8-17/h3-12H,13-14H2,1-2H3. The van der Waals surface area contributed by atoms with Crippen LogP contribution in [-0.2, 0) is 13.7 Å². The lowest BCUT2D eigenvalue weighted by molar-refractivity contribution is 0.102. The minimum absolute atomic E-state index is 0.0556. The van der Waals surface area contributed by atoms with Gasteiger partial charge in [0.2, 0.25) is 0 Å². The minimum atomic E-state index is 0.0556. The summed E-state index contributed by atoms with van der Waals surface area (Å²) in [7, 11) is 1.89. The van der Waals surface area contributed by atoms with Crippen molar-refractivity contribution in [1.29, 1.82) is 0 Å². The Hall–Kier alpha value is -2.64. The maximum Gasteiger partial charge on any atom is 0.191 e. The molecule has 0 fully saturated rings. The van der Waals surface area contributed by atoms with E-state index in [0.29, 0.717) is 28.9 Å². The summed E-state index contributed by atoms with van der Waals surface area (Å²) in [5, 5.41) is 11.5. The number of halogens is 1. The smallest absolute Gasteiger partial charge is 0.191 e. The molecule has 0 unspecified atom stereocenters. The van der Waals surface area contributed by atoms with E-state index in [0.717, 1.165) is 15.8 Å². The lowest BCUT2D eigenvalue weighted by atomic mass is 10.0. The topological polar surface area (TPSA) is 57.0 Å². The molecule has 0 saturated heterocycles. The monoisotopic (exact) mass is 481 g/mol. The number of rotatable bonds is 7. The Labute approximate surface area is 187 Å². The summed E-state index contributed by atoms with van der Waals surface area (Å²) in [6, 6.07) is 19.6. The molecule has 0 aliphatic heterocycles.